The van der Waals surface area contributed by atoms with Crippen LogP contribution in [-0.4, -0.2) is 33.6 Å². The molecule has 0 saturated carbocycles. The number of amides is 1. The lowest BCUT2D eigenvalue weighted by molar-refractivity contribution is -0.126. The molecular formula is C23H21FN2O3. The maximum atomic E-state index is 13.4. The summed E-state index contributed by atoms with van der Waals surface area (Å²) in [6.07, 6.45) is 3.05. The lowest BCUT2D eigenvalue weighted by Crippen LogP contribution is -2.36. The van der Waals surface area contributed by atoms with E-state index >= 15 is 0 Å². The molecule has 0 spiro atoms. The number of aromatic nitrogens is 1. The number of carbonyl (C=O) groups is 1. The van der Waals surface area contributed by atoms with Crippen LogP contribution in [-0.2, 0) is 11.3 Å². The summed E-state index contributed by atoms with van der Waals surface area (Å²) in [5.74, 6) is -0.807. The molecule has 0 fully saturated rings. The molecule has 0 unspecified atom stereocenters. The molecule has 148 valence electrons. The van der Waals surface area contributed by atoms with Gasteiger partial charge < -0.3 is 10.0 Å². The van der Waals surface area contributed by atoms with Crippen molar-refractivity contribution >= 4 is 17.7 Å². The van der Waals surface area contributed by atoms with Gasteiger partial charge in [-0.2, -0.15) is 0 Å². The fourth-order valence-corrected chi connectivity index (χ4v) is 2.92. The molecule has 1 aromatic heterocycles. The number of halogens is 1. The first-order chi connectivity index (χ1) is 14.1. The largest absolute Gasteiger partial charge is 0.395 e. The minimum Gasteiger partial charge on any atom is -0.395 e. The van der Waals surface area contributed by atoms with Gasteiger partial charge in [0.2, 0.25) is 0 Å². The van der Waals surface area contributed by atoms with Crippen LogP contribution in [0.2, 0.25) is 0 Å². The minimum absolute atomic E-state index is 0.107. The molecule has 0 bridgehead atoms. The summed E-state index contributed by atoms with van der Waals surface area (Å²) in [6.45, 7) is 0.171. The second-order valence-electron chi connectivity index (χ2n) is 6.43. The molecule has 29 heavy (non-hydrogen) atoms. The summed E-state index contributed by atoms with van der Waals surface area (Å²) >= 11 is 0. The van der Waals surface area contributed by atoms with Gasteiger partial charge in [-0.3, -0.25) is 14.2 Å². The average Bonchev–Trinajstić information content (AvgIpc) is 2.74. The Balaban J connectivity index is 2.03. The highest BCUT2D eigenvalue weighted by molar-refractivity contribution is 6.18. The van der Waals surface area contributed by atoms with Crippen LogP contribution < -0.4 is 5.56 Å². The van der Waals surface area contributed by atoms with E-state index in [0.717, 1.165) is 5.56 Å². The van der Waals surface area contributed by atoms with Crippen molar-refractivity contribution in [2.24, 2.45) is 0 Å². The van der Waals surface area contributed by atoms with E-state index in [2.05, 4.69) is 0 Å². The van der Waals surface area contributed by atoms with Crippen molar-refractivity contribution in [3.8, 4) is 0 Å². The van der Waals surface area contributed by atoms with Crippen molar-refractivity contribution in [1.29, 1.82) is 0 Å². The van der Waals surface area contributed by atoms with Gasteiger partial charge in [0.1, 0.15) is 11.5 Å². The van der Waals surface area contributed by atoms with E-state index in [1.54, 1.807) is 18.2 Å². The normalized spacial score (nSPS) is 11.3. The van der Waals surface area contributed by atoms with E-state index in [9.17, 15) is 19.1 Å². The SMILES string of the molecule is O=C(C(=Cc1ccc(F)cc1)n1ccccc1=O)N(CCO)Cc1ccccc1. The van der Waals surface area contributed by atoms with Crippen LogP contribution in [0.1, 0.15) is 11.1 Å². The molecule has 0 aliphatic rings. The molecule has 0 aliphatic heterocycles. The molecule has 1 heterocycles. The third-order valence-electron chi connectivity index (χ3n) is 4.35. The van der Waals surface area contributed by atoms with E-state index in [-0.39, 0.29) is 31.0 Å². The Hall–Kier alpha value is -3.51. The van der Waals surface area contributed by atoms with Gasteiger partial charge >= 0.3 is 0 Å². The maximum absolute atomic E-state index is 13.4. The molecule has 3 rings (SSSR count). The highest BCUT2D eigenvalue weighted by Crippen LogP contribution is 2.16. The van der Waals surface area contributed by atoms with Crippen LogP contribution in [0.4, 0.5) is 4.39 Å². The Kier molecular flexibility index (Phi) is 6.71. The van der Waals surface area contributed by atoms with E-state index in [1.807, 2.05) is 30.3 Å². The molecule has 0 radical (unpaired) electrons. The second-order valence-corrected chi connectivity index (χ2v) is 6.43. The highest BCUT2D eigenvalue weighted by Gasteiger charge is 2.20. The number of aliphatic hydroxyl groups is 1. The van der Waals surface area contributed by atoms with E-state index < -0.39 is 11.7 Å². The molecule has 2 aromatic carbocycles. The predicted molar refractivity (Wildman–Crippen MR) is 110 cm³/mol. The summed E-state index contributed by atoms with van der Waals surface area (Å²) in [5.41, 5.74) is 1.23. The number of benzene rings is 2. The zero-order valence-corrected chi connectivity index (χ0v) is 15.7. The first-order valence-corrected chi connectivity index (χ1v) is 9.18. The number of aliphatic hydroxyl groups excluding tert-OH is 1. The molecule has 1 N–H and O–H groups in total. The predicted octanol–water partition coefficient (Wildman–Crippen LogP) is 3.01. The molecular weight excluding hydrogens is 371 g/mol. The summed E-state index contributed by atoms with van der Waals surface area (Å²) < 4.78 is 14.5. The van der Waals surface area contributed by atoms with E-state index in [0.29, 0.717) is 5.56 Å². The zero-order valence-electron chi connectivity index (χ0n) is 15.7. The Bertz CT molecular complexity index is 1040. The van der Waals surface area contributed by atoms with Crippen LogP contribution in [0, 0.1) is 5.82 Å². The molecule has 0 atom stereocenters. The summed E-state index contributed by atoms with van der Waals surface area (Å²) in [4.78, 5) is 27.2. The number of hydrogen-bond acceptors (Lipinski definition) is 3. The van der Waals surface area contributed by atoms with Gasteiger partial charge in [0, 0.05) is 25.4 Å². The highest BCUT2D eigenvalue weighted by atomic mass is 19.1. The third kappa shape index (κ3) is 5.27. The zero-order chi connectivity index (χ0) is 20.6. The van der Waals surface area contributed by atoms with Gasteiger partial charge in [0.15, 0.2) is 0 Å². The van der Waals surface area contributed by atoms with Crippen molar-refractivity contribution < 1.29 is 14.3 Å². The lowest BCUT2D eigenvalue weighted by Gasteiger charge is -2.24. The van der Waals surface area contributed by atoms with E-state index in [4.69, 9.17) is 0 Å². The van der Waals surface area contributed by atoms with Gasteiger partial charge in [-0.25, -0.2) is 4.39 Å². The summed E-state index contributed by atoms with van der Waals surface area (Å²) in [7, 11) is 0. The fourth-order valence-electron chi connectivity index (χ4n) is 2.92. The van der Waals surface area contributed by atoms with Crippen molar-refractivity contribution in [1.82, 2.24) is 9.47 Å². The first kappa shape index (κ1) is 20.2. The molecule has 5 nitrogen and oxygen atoms in total. The first-order valence-electron chi connectivity index (χ1n) is 9.18. The van der Waals surface area contributed by atoms with Crippen molar-refractivity contribution in [2.75, 3.05) is 13.2 Å². The number of carbonyl (C=O) groups excluding carboxylic acids is 1. The van der Waals surface area contributed by atoms with Crippen molar-refractivity contribution in [3.63, 3.8) is 0 Å². The monoisotopic (exact) mass is 392 g/mol. The topological polar surface area (TPSA) is 62.5 Å². The van der Waals surface area contributed by atoms with Gasteiger partial charge in [-0.15, -0.1) is 0 Å². The molecule has 1 amide bonds. The maximum Gasteiger partial charge on any atom is 0.271 e. The number of pyridine rings is 1. The Labute approximate surface area is 168 Å². The quantitative estimate of drug-likeness (QED) is 0.629. The van der Waals surface area contributed by atoms with Crippen LogP contribution >= 0.6 is 0 Å². The summed E-state index contributed by atoms with van der Waals surface area (Å²) in [6, 6.07) is 19.6. The van der Waals surface area contributed by atoms with Crippen LogP contribution in [0.5, 0.6) is 0 Å². The van der Waals surface area contributed by atoms with Crippen LogP contribution in [0.25, 0.3) is 11.8 Å². The molecule has 3 aromatic rings. The minimum atomic E-state index is -0.416. The van der Waals surface area contributed by atoms with E-state index in [1.165, 1.54) is 46.0 Å². The Morgan fingerprint density at radius 2 is 1.69 bits per heavy atom. The molecule has 0 aliphatic carbocycles. The molecule has 0 saturated heterocycles. The third-order valence-corrected chi connectivity index (χ3v) is 4.35. The second kappa shape index (κ2) is 9.61. The Morgan fingerprint density at radius 3 is 2.34 bits per heavy atom. The molecule has 6 heteroatoms. The number of nitrogens with zero attached hydrogens (tertiary/aromatic N) is 2. The average molecular weight is 392 g/mol. The number of hydrogen-bond donors (Lipinski definition) is 1. The summed E-state index contributed by atoms with van der Waals surface area (Å²) in [5, 5.41) is 9.47. The van der Waals surface area contributed by atoms with Crippen LogP contribution in [0.15, 0.2) is 83.8 Å². The van der Waals surface area contributed by atoms with Gasteiger partial charge in [0.05, 0.1) is 6.61 Å². The van der Waals surface area contributed by atoms with Crippen LogP contribution in [0.3, 0.4) is 0 Å². The van der Waals surface area contributed by atoms with Crippen molar-refractivity contribution in [2.45, 2.75) is 6.54 Å². The van der Waals surface area contributed by atoms with Gasteiger partial charge in [-0.1, -0.05) is 48.5 Å². The fraction of sp³-hybridized carbons (Fsp3) is 0.130. The van der Waals surface area contributed by atoms with Crippen molar-refractivity contribution in [3.05, 3.63) is 106 Å². The van der Waals surface area contributed by atoms with Gasteiger partial charge in [0.25, 0.3) is 11.5 Å². The smallest absolute Gasteiger partial charge is 0.271 e. The Morgan fingerprint density at radius 1 is 1.00 bits per heavy atom. The number of rotatable bonds is 7. The lowest BCUT2D eigenvalue weighted by atomic mass is 10.1. The van der Waals surface area contributed by atoms with Gasteiger partial charge in [-0.05, 0) is 35.4 Å². The standard InChI is InChI=1S/C23H21FN2O3/c24-20-11-9-18(10-12-20)16-21(26-13-5-4-8-22(26)28)23(29)25(14-15-27)17-19-6-2-1-3-7-19/h1-13,16,27H,14-15,17H2.